The summed E-state index contributed by atoms with van der Waals surface area (Å²) < 4.78 is 11.4. The highest BCUT2D eigenvalue weighted by molar-refractivity contribution is 5.72. The Morgan fingerprint density at radius 1 is 0.893 bits per heavy atom. The smallest absolute Gasteiger partial charge is 0.308 e. The van der Waals surface area contributed by atoms with Crippen molar-refractivity contribution >= 4 is 5.97 Å². The lowest BCUT2D eigenvalue weighted by atomic mass is 9.77. The van der Waals surface area contributed by atoms with Gasteiger partial charge < -0.3 is 9.47 Å². The van der Waals surface area contributed by atoms with E-state index in [0.29, 0.717) is 24.5 Å². The molecule has 28 heavy (non-hydrogen) atoms. The molecule has 2 unspecified atom stereocenters. The average molecular weight is 393 g/mol. The minimum absolute atomic E-state index is 0.0127. The van der Waals surface area contributed by atoms with Crippen LogP contribution in [0.4, 0.5) is 0 Å². The number of hydrogen-bond acceptors (Lipinski definition) is 3. The first-order valence-corrected chi connectivity index (χ1v) is 12.1. The Hall–Kier alpha value is -0.830. The third-order valence-electron chi connectivity index (χ3n) is 6.98. The first-order valence-electron chi connectivity index (χ1n) is 12.1. The number of esters is 1. The van der Waals surface area contributed by atoms with Crippen LogP contribution >= 0.6 is 0 Å². The van der Waals surface area contributed by atoms with Gasteiger partial charge in [-0.1, -0.05) is 45.8 Å². The van der Waals surface area contributed by atoms with Crippen molar-refractivity contribution in [2.24, 2.45) is 29.6 Å². The van der Waals surface area contributed by atoms with Crippen molar-refractivity contribution < 1.29 is 14.3 Å². The van der Waals surface area contributed by atoms with Crippen molar-refractivity contribution in [1.29, 1.82) is 0 Å². The van der Waals surface area contributed by atoms with Crippen LogP contribution in [0.25, 0.3) is 0 Å². The summed E-state index contributed by atoms with van der Waals surface area (Å²) in [5.41, 5.74) is 0. The van der Waals surface area contributed by atoms with E-state index in [1.54, 1.807) is 0 Å². The van der Waals surface area contributed by atoms with Crippen molar-refractivity contribution in [3.05, 3.63) is 12.2 Å². The minimum Gasteiger partial charge on any atom is -0.466 e. The van der Waals surface area contributed by atoms with E-state index < -0.39 is 0 Å². The lowest BCUT2D eigenvalue weighted by Crippen LogP contribution is -2.33. The largest absolute Gasteiger partial charge is 0.466 e. The lowest BCUT2D eigenvalue weighted by Gasteiger charge is -2.36. The van der Waals surface area contributed by atoms with Crippen LogP contribution in [0, 0.1) is 29.6 Å². The predicted molar refractivity (Wildman–Crippen MR) is 116 cm³/mol. The molecular weight excluding hydrogens is 348 g/mol. The predicted octanol–water partition coefficient (Wildman–Crippen LogP) is 6.56. The molecule has 2 atom stereocenters. The zero-order chi connectivity index (χ0) is 20.4. The second-order valence-electron chi connectivity index (χ2n) is 8.98. The van der Waals surface area contributed by atoms with Crippen molar-refractivity contribution in [2.75, 3.05) is 13.2 Å². The topological polar surface area (TPSA) is 35.5 Å². The molecular formula is C25H44O3. The van der Waals surface area contributed by atoms with E-state index in [-0.39, 0.29) is 11.9 Å². The second kappa shape index (κ2) is 12.7. The Kier molecular flexibility index (Phi) is 10.6. The van der Waals surface area contributed by atoms with Gasteiger partial charge in [-0.2, -0.15) is 0 Å². The Morgan fingerprint density at radius 3 is 2.07 bits per heavy atom. The van der Waals surface area contributed by atoms with Crippen LogP contribution in [0.3, 0.4) is 0 Å². The summed E-state index contributed by atoms with van der Waals surface area (Å²) in [5, 5.41) is 0. The van der Waals surface area contributed by atoms with Gasteiger partial charge in [-0.15, -0.1) is 0 Å². The van der Waals surface area contributed by atoms with E-state index in [1.165, 1.54) is 38.5 Å². The zero-order valence-electron chi connectivity index (χ0n) is 18.8. The SMILES string of the molecule is CC.CCOC(=O)C1CCC(/C=C/C2CCC(C3CCC(C)CC3)OC2)CC1. The highest BCUT2D eigenvalue weighted by Gasteiger charge is 2.30. The first-order chi connectivity index (χ1) is 13.7. The van der Waals surface area contributed by atoms with Gasteiger partial charge in [0.2, 0.25) is 0 Å². The van der Waals surface area contributed by atoms with Crippen LogP contribution in [0.2, 0.25) is 0 Å². The van der Waals surface area contributed by atoms with Gasteiger partial charge in [-0.25, -0.2) is 0 Å². The van der Waals surface area contributed by atoms with Gasteiger partial charge in [0, 0.05) is 5.92 Å². The maximum Gasteiger partial charge on any atom is 0.308 e. The maximum atomic E-state index is 11.8. The van der Waals surface area contributed by atoms with E-state index in [0.717, 1.165) is 44.1 Å². The van der Waals surface area contributed by atoms with E-state index in [9.17, 15) is 4.79 Å². The van der Waals surface area contributed by atoms with Gasteiger partial charge in [-0.05, 0) is 76.0 Å². The molecule has 0 aromatic rings. The summed E-state index contributed by atoms with van der Waals surface area (Å²) in [7, 11) is 0. The molecule has 0 spiro atoms. The fourth-order valence-electron chi connectivity index (χ4n) is 5.10. The highest BCUT2D eigenvalue weighted by atomic mass is 16.5. The molecule has 3 nitrogen and oxygen atoms in total. The Balaban J connectivity index is 0.00000136. The molecule has 0 aromatic carbocycles. The number of allylic oxidation sites excluding steroid dienone is 1. The number of carbonyl (C=O) groups excluding carboxylic acids is 1. The molecule has 162 valence electrons. The van der Waals surface area contributed by atoms with E-state index in [4.69, 9.17) is 9.47 Å². The van der Waals surface area contributed by atoms with Crippen molar-refractivity contribution in [1.82, 2.24) is 0 Å². The fourth-order valence-corrected chi connectivity index (χ4v) is 5.10. The molecule has 3 heteroatoms. The first kappa shape index (κ1) is 23.4. The third kappa shape index (κ3) is 7.21. The third-order valence-corrected chi connectivity index (χ3v) is 6.98. The molecule has 2 aliphatic carbocycles. The fraction of sp³-hybridized carbons (Fsp3) is 0.880. The number of rotatable bonds is 5. The van der Waals surface area contributed by atoms with Crippen LogP contribution in [0.15, 0.2) is 12.2 Å². The van der Waals surface area contributed by atoms with Gasteiger partial charge in [0.05, 0.1) is 25.2 Å². The Labute approximate surface area is 173 Å². The van der Waals surface area contributed by atoms with E-state index >= 15 is 0 Å². The van der Waals surface area contributed by atoms with E-state index in [2.05, 4.69) is 19.1 Å². The summed E-state index contributed by atoms with van der Waals surface area (Å²) in [4.78, 5) is 11.8. The number of hydrogen-bond donors (Lipinski definition) is 0. The van der Waals surface area contributed by atoms with Crippen LogP contribution < -0.4 is 0 Å². The molecule has 0 N–H and O–H groups in total. The normalized spacial score (nSPS) is 36.4. The second-order valence-corrected chi connectivity index (χ2v) is 8.98. The summed E-state index contributed by atoms with van der Waals surface area (Å²) in [6.07, 6.45) is 17.6. The summed E-state index contributed by atoms with van der Waals surface area (Å²) >= 11 is 0. The number of carbonyl (C=O) groups is 1. The van der Waals surface area contributed by atoms with Crippen LogP contribution in [0.1, 0.15) is 91.9 Å². The molecule has 1 heterocycles. The summed E-state index contributed by atoms with van der Waals surface area (Å²) in [5.74, 6) is 3.11. The maximum absolute atomic E-state index is 11.8. The van der Waals surface area contributed by atoms with Crippen LogP contribution in [-0.2, 0) is 14.3 Å². The van der Waals surface area contributed by atoms with Gasteiger partial charge in [-0.3, -0.25) is 4.79 Å². The Morgan fingerprint density at radius 2 is 1.50 bits per heavy atom. The van der Waals surface area contributed by atoms with Crippen molar-refractivity contribution in [3.63, 3.8) is 0 Å². The molecule has 0 amide bonds. The monoisotopic (exact) mass is 392 g/mol. The molecule has 0 radical (unpaired) electrons. The average Bonchev–Trinajstić information content (AvgIpc) is 2.75. The van der Waals surface area contributed by atoms with E-state index in [1.807, 2.05) is 20.8 Å². The molecule has 1 aliphatic heterocycles. The zero-order valence-corrected chi connectivity index (χ0v) is 18.8. The molecule has 3 rings (SSSR count). The molecule has 0 aromatic heterocycles. The summed E-state index contributed by atoms with van der Waals surface area (Å²) in [6.45, 7) is 9.68. The van der Waals surface area contributed by atoms with Gasteiger partial charge in [0.25, 0.3) is 0 Å². The molecule has 2 saturated carbocycles. The number of ether oxygens (including phenoxy) is 2. The van der Waals surface area contributed by atoms with Crippen molar-refractivity contribution in [3.8, 4) is 0 Å². The molecule has 0 bridgehead atoms. The van der Waals surface area contributed by atoms with Crippen LogP contribution in [-0.4, -0.2) is 25.3 Å². The van der Waals surface area contributed by atoms with Gasteiger partial charge >= 0.3 is 5.97 Å². The van der Waals surface area contributed by atoms with Crippen molar-refractivity contribution in [2.45, 2.75) is 98.0 Å². The van der Waals surface area contributed by atoms with Gasteiger partial charge in [0.1, 0.15) is 0 Å². The molecule has 3 aliphatic rings. The standard InChI is InChI=1S/C23H38O3.C2H6/c1-3-25-23(24)21-13-8-18(9-14-21)6-7-19-10-15-22(26-16-19)20-11-4-17(2)5-12-20;1-2/h6-7,17-22H,3-5,8-16H2,1-2H3;1-2H3/b7-6+;. The lowest BCUT2D eigenvalue weighted by molar-refractivity contribution is -0.149. The summed E-state index contributed by atoms with van der Waals surface area (Å²) in [6, 6.07) is 0. The van der Waals surface area contributed by atoms with Gasteiger partial charge in [0.15, 0.2) is 0 Å². The molecule has 1 saturated heterocycles. The molecule has 3 fully saturated rings. The Bertz CT molecular complexity index is 448. The van der Waals surface area contributed by atoms with Crippen LogP contribution in [0.5, 0.6) is 0 Å². The minimum atomic E-state index is 0.0127. The highest BCUT2D eigenvalue weighted by Crippen LogP contribution is 2.36. The quantitative estimate of drug-likeness (QED) is 0.392.